The van der Waals surface area contributed by atoms with Gasteiger partial charge < -0.3 is 10.7 Å². The molecule has 9 heteroatoms. The molecule has 4 rings (SSSR count). The van der Waals surface area contributed by atoms with Gasteiger partial charge in [-0.1, -0.05) is 53.2 Å². The second-order valence-corrected chi connectivity index (χ2v) is 8.93. The summed E-state index contributed by atoms with van der Waals surface area (Å²) in [5.74, 6) is 6.64. The van der Waals surface area contributed by atoms with Gasteiger partial charge in [0.25, 0.3) is 0 Å². The molecule has 1 aromatic heterocycles. The molecule has 150 valence electrons. The third-order valence-corrected chi connectivity index (χ3v) is 6.43. The van der Waals surface area contributed by atoms with Crippen LogP contribution < -0.4 is 10.7 Å². The van der Waals surface area contributed by atoms with Gasteiger partial charge >= 0.3 is 0 Å². The average Bonchev–Trinajstić information content (AvgIpc) is 3.07. The van der Waals surface area contributed by atoms with Gasteiger partial charge in [-0.15, -0.1) is 10.2 Å². The zero-order valence-electron chi connectivity index (χ0n) is 15.7. The highest BCUT2D eigenvalue weighted by Gasteiger charge is 2.28. The van der Waals surface area contributed by atoms with Crippen molar-refractivity contribution in [1.29, 1.82) is 0 Å². The first kappa shape index (κ1) is 20.1. The second kappa shape index (κ2) is 8.26. The third kappa shape index (κ3) is 3.95. The van der Waals surface area contributed by atoms with Crippen LogP contribution in [0.4, 0.5) is 5.69 Å². The Kier molecular flexibility index (Phi) is 5.72. The standard InChI is InChI=1S/C20H19Cl2N5OS/c1-12(19(28)26-10-4-6-13-5-2-3-7-17(13)26)29-20-25-24-18(27(20)23)15-9-8-14(21)11-16(15)22/h2-3,5,7-9,11-12H,4,6,10,23H2,1H3. The summed E-state index contributed by atoms with van der Waals surface area (Å²) in [7, 11) is 0. The number of fused-ring (bicyclic) bond motifs is 1. The molecule has 0 saturated carbocycles. The predicted octanol–water partition coefficient (Wildman–Crippen LogP) is 4.43. The molecule has 3 aromatic rings. The molecule has 0 saturated heterocycles. The molecule has 2 aromatic carbocycles. The van der Waals surface area contributed by atoms with Crippen LogP contribution in [0, 0.1) is 0 Å². The lowest BCUT2D eigenvalue weighted by atomic mass is 10.0. The van der Waals surface area contributed by atoms with Crippen molar-refractivity contribution in [2.24, 2.45) is 0 Å². The van der Waals surface area contributed by atoms with Gasteiger partial charge in [-0.2, -0.15) is 0 Å². The van der Waals surface area contributed by atoms with E-state index in [9.17, 15) is 4.79 Å². The largest absolute Gasteiger partial charge is 0.335 e. The minimum absolute atomic E-state index is 0.0243. The number of thioether (sulfide) groups is 1. The number of rotatable bonds is 4. The molecule has 1 unspecified atom stereocenters. The predicted molar refractivity (Wildman–Crippen MR) is 118 cm³/mol. The van der Waals surface area contributed by atoms with Crippen molar-refractivity contribution >= 4 is 46.6 Å². The molecular formula is C20H19Cl2N5OS. The van der Waals surface area contributed by atoms with Gasteiger partial charge in [0.05, 0.1) is 10.3 Å². The molecular weight excluding hydrogens is 429 g/mol. The smallest absolute Gasteiger partial charge is 0.240 e. The molecule has 2 N–H and O–H groups in total. The zero-order valence-corrected chi connectivity index (χ0v) is 18.0. The van der Waals surface area contributed by atoms with E-state index in [1.807, 2.05) is 30.0 Å². The topological polar surface area (TPSA) is 77.0 Å². The minimum Gasteiger partial charge on any atom is -0.335 e. The van der Waals surface area contributed by atoms with Crippen molar-refractivity contribution in [2.75, 3.05) is 17.3 Å². The van der Waals surface area contributed by atoms with Crippen LogP contribution in [-0.2, 0) is 11.2 Å². The number of benzene rings is 2. The van der Waals surface area contributed by atoms with E-state index in [1.165, 1.54) is 22.0 Å². The van der Waals surface area contributed by atoms with Crippen molar-refractivity contribution in [3.8, 4) is 11.4 Å². The molecule has 6 nitrogen and oxygen atoms in total. The fraction of sp³-hybridized carbons (Fsp3) is 0.250. The Hall–Kier alpha value is -2.22. The molecule has 0 fully saturated rings. The number of carbonyl (C=O) groups excluding carboxylic acids is 1. The van der Waals surface area contributed by atoms with E-state index >= 15 is 0 Å². The lowest BCUT2D eigenvalue weighted by Gasteiger charge is -2.31. The molecule has 1 aliphatic rings. The zero-order chi connectivity index (χ0) is 20.5. The summed E-state index contributed by atoms with van der Waals surface area (Å²) in [4.78, 5) is 15.0. The lowest BCUT2D eigenvalue weighted by Crippen LogP contribution is -2.40. The van der Waals surface area contributed by atoms with E-state index in [4.69, 9.17) is 29.0 Å². The number of nitrogen functional groups attached to an aromatic ring is 1. The summed E-state index contributed by atoms with van der Waals surface area (Å²) in [5, 5.41) is 9.33. The summed E-state index contributed by atoms with van der Waals surface area (Å²) < 4.78 is 1.35. The average molecular weight is 448 g/mol. The van der Waals surface area contributed by atoms with Crippen LogP contribution in [-0.4, -0.2) is 32.6 Å². The minimum atomic E-state index is -0.374. The monoisotopic (exact) mass is 447 g/mol. The SMILES string of the molecule is CC(Sc1nnc(-c2ccc(Cl)cc2Cl)n1N)C(=O)N1CCCc2ccccc21. The van der Waals surface area contributed by atoms with Gasteiger partial charge in [0.1, 0.15) is 0 Å². The maximum atomic E-state index is 13.1. The van der Waals surface area contributed by atoms with Crippen molar-refractivity contribution in [3.05, 3.63) is 58.1 Å². The van der Waals surface area contributed by atoms with Gasteiger partial charge in [0, 0.05) is 22.8 Å². The Morgan fingerprint density at radius 3 is 2.79 bits per heavy atom. The molecule has 1 atom stereocenters. The molecule has 0 spiro atoms. The van der Waals surface area contributed by atoms with Crippen molar-refractivity contribution in [2.45, 2.75) is 30.2 Å². The van der Waals surface area contributed by atoms with Gasteiger partial charge in [-0.25, -0.2) is 4.68 Å². The van der Waals surface area contributed by atoms with Gasteiger partial charge in [0.2, 0.25) is 11.1 Å². The second-order valence-electron chi connectivity index (χ2n) is 6.78. The number of nitrogens with zero attached hydrogens (tertiary/aromatic N) is 4. The van der Waals surface area contributed by atoms with Crippen LogP contribution in [0.1, 0.15) is 18.9 Å². The molecule has 0 radical (unpaired) electrons. The number of hydrogen-bond donors (Lipinski definition) is 1. The Bertz CT molecular complexity index is 1070. The first-order valence-corrected chi connectivity index (χ1v) is 10.8. The van der Waals surface area contributed by atoms with E-state index in [2.05, 4.69) is 16.3 Å². The Morgan fingerprint density at radius 2 is 2.00 bits per heavy atom. The Balaban J connectivity index is 1.54. The van der Waals surface area contributed by atoms with Crippen LogP contribution in [0.3, 0.4) is 0 Å². The van der Waals surface area contributed by atoms with Crippen molar-refractivity contribution in [3.63, 3.8) is 0 Å². The summed E-state index contributed by atoms with van der Waals surface area (Å²) in [6.07, 6.45) is 1.94. The first-order valence-electron chi connectivity index (χ1n) is 9.17. The van der Waals surface area contributed by atoms with E-state index in [-0.39, 0.29) is 11.2 Å². The quantitative estimate of drug-likeness (QED) is 0.472. The normalized spacial score (nSPS) is 14.5. The molecule has 1 aliphatic heterocycles. The molecule has 0 bridgehead atoms. The van der Waals surface area contributed by atoms with Crippen molar-refractivity contribution < 1.29 is 4.79 Å². The summed E-state index contributed by atoms with van der Waals surface area (Å²) >= 11 is 13.5. The van der Waals surface area contributed by atoms with Crippen LogP contribution in [0.5, 0.6) is 0 Å². The maximum Gasteiger partial charge on any atom is 0.240 e. The fourth-order valence-electron chi connectivity index (χ4n) is 3.40. The molecule has 0 aliphatic carbocycles. The van der Waals surface area contributed by atoms with E-state index in [0.717, 1.165) is 18.5 Å². The number of para-hydroxylation sites is 1. The van der Waals surface area contributed by atoms with Crippen LogP contribution >= 0.6 is 35.0 Å². The maximum absolute atomic E-state index is 13.1. The molecule has 2 heterocycles. The van der Waals surface area contributed by atoms with Crippen molar-refractivity contribution in [1.82, 2.24) is 14.9 Å². The number of anilines is 1. The van der Waals surface area contributed by atoms with E-state index < -0.39 is 0 Å². The number of carbonyl (C=O) groups is 1. The summed E-state index contributed by atoms with van der Waals surface area (Å²) in [6, 6.07) is 13.1. The Morgan fingerprint density at radius 1 is 1.21 bits per heavy atom. The highest BCUT2D eigenvalue weighted by atomic mass is 35.5. The highest BCUT2D eigenvalue weighted by Crippen LogP contribution is 2.33. The molecule has 1 amide bonds. The number of nitrogens with two attached hydrogens (primary N) is 1. The van der Waals surface area contributed by atoms with Crippen LogP contribution in [0.2, 0.25) is 10.0 Å². The van der Waals surface area contributed by atoms with Crippen LogP contribution in [0.15, 0.2) is 47.6 Å². The van der Waals surface area contributed by atoms with Crippen LogP contribution in [0.25, 0.3) is 11.4 Å². The van der Waals surface area contributed by atoms with Gasteiger partial charge in [-0.3, -0.25) is 4.79 Å². The number of hydrogen-bond acceptors (Lipinski definition) is 5. The summed E-state index contributed by atoms with van der Waals surface area (Å²) in [5.41, 5.74) is 2.81. The Labute approximate surface area is 183 Å². The number of aryl methyl sites for hydroxylation is 1. The third-order valence-electron chi connectivity index (χ3n) is 4.84. The highest BCUT2D eigenvalue weighted by molar-refractivity contribution is 8.00. The van der Waals surface area contributed by atoms with E-state index in [0.29, 0.717) is 33.1 Å². The molecule has 29 heavy (non-hydrogen) atoms. The lowest BCUT2D eigenvalue weighted by molar-refractivity contribution is -0.117. The van der Waals surface area contributed by atoms with Gasteiger partial charge in [0.15, 0.2) is 5.82 Å². The fourth-order valence-corrected chi connectivity index (χ4v) is 4.73. The van der Waals surface area contributed by atoms with Gasteiger partial charge in [-0.05, 0) is 49.6 Å². The number of halogens is 2. The van der Waals surface area contributed by atoms with E-state index in [1.54, 1.807) is 18.2 Å². The summed E-state index contributed by atoms with van der Waals surface area (Å²) in [6.45, 7) is 2.57. The number of aromatic nitrogens is 3. The first-order chi connectivity index (χ1) is 14.0. The number of amides is 1.